The number of alkyl halides is 1. The molecule has 0 unspecified atom stereocenters. The summed E-state index contributed by atoms with van der Waals surface area (Å²) in [6.45, 7) is 2.32. The van der Waals surface area contributed by atoms with E-state index in [0.717, 1.165) is 24.6 Å². The summed E-state index contributed by atoms with van der Waals surface area (Å²) in [6, 6.07) is 4.46. The van der Waals surface area contributed by atoms with Crippen LogP contribution in [0.2, 0.25) is 0 Å². The average Bonchev–Trinajstić information content (AvgIpc) is 3.16. The fourth-order valence-electron chi connectivity index (χ4n) is 2.26. The fourth-order valence-corrected chi connectivity index (χ4v) is 3.10. The maximum atomic E-state index is 12.1. The minimum atomic E-state index is -0.438. The number of carbonyl (C=O) groups excluding carboxylic acids is 1. The van der Waals surface area contributed by atoms with Gasteiger partial charge in [0.1, 0.15) is 0 Å². The first kappa shape index (κ1) is 15.0. The number of nitrogens with one attached hydrogen (secondary N) is 1. The van der Waals surface area contributed by atoms with Gasteiger partial charge in [-0.15, -0.1) is 0 Å². The third-order valence-electron chi connectivity index (χ3n) is 3.86. The highest BCUT2D eigenvalue weighted by Crippen LogP contribution is 2.48. The number of carbonyl (C=O) groups is 1. The molecule has 1 aromatic rings. The van der Waals surface area contributed by atoms with E-state index >= 15 is 0 Å². The third-order valence-corrected chi connectivity index (χ3v) is 4.26. The Morgan fingerprint density at radius 3 is 2.70 bits per heavy atom. The van der Waals surface area contributed by atoms with Crippen molar-refractivity contribution in [1.82, 2.24) is 5.32 Å². The molecule has 0 atom stereocenters. The van der Waals surface area contributed by atoms with Crippen LogP contribution in [0.25, 0.3) is 0 Å². The minimum Gasteiger partial charge on any atom is -0.351 e. The van der Waals surface area contributed by atoms with Crippen molar-refractivity contribution in [3.05, 3.63) is 39.4 Å². The van der Waals surface area contributed by atoms with Crippen LogP contribution >= 0.6 is 15.9 Å². The molecule has 2 rings (SSSR count). The Bertz CT molecular complexity index is 541. The Kier molecular flexibility index (Phi) is 4.42. The van der Waals surface area contributed by atoms with Crippen LogP contribution in [0, 0.1) is 22.5 Å². The molecule has 0 radical (unpaired) electrons. The van der Waals surface area contributed by atoms with E-state index in [1.807, 2.05) is 0 Å². The third kappa shape index (κ3) is 3.36. The van der Waals surface area contributed by atoms with Gasteiger partial charge in [0.15, 0.2) is 0 Å². The molecule has 0 aromatic heterocycles. The molecule has 5 nitrogen and oxygen atoms in total. The minimum absolute atomic E-state index is 0.0412. The number of nitro benzene ring substituents is 1. The lowest BCUT2D eigenvalue weighted by Gasteiger charge is -2.14. The predicted octanol–water partition coefficient (Wildman–Crippen LogP) is 3.20. The highest BCUT2D eigenvalue weighted by molar-refractivity contribution is 9.09. The Balaban J connectivity index is 1.99. The second-order valence-corrected chi connectivity index (χ2v) is 6.17. The second kappa shape index (κ2) is 5.91. The monoisotopic (exact) mass is 340 g/mol. The topological polar surface area (TPSA) is 72.2 Å². The SMILES string of the molecule is Cc1cc(C(=O)NCC2(CCBr)CC2)ccc1[N+](=O)[O-]. The Morgan fingerprint density at radius 1 is 1.50 bits per heavy atom. The van der Waals surface area contributed by atoms with Gasteiger partial charge in [-0.25, -0.2) is 0 Å². The molecule has 0 bridgehead atoms. The molecule has 1 aliphatic carbocycles. The normalized spacial score (nSPS) is 15.7. The molecule has 1 amide bonds. The van der Waals surface area contributed by atoms with Crippen LogP contribution in [0.5, 0.6) is 0 Å². The van der Waals surface area contributed by atoms with Gasteiger partial charge in [-0.05, 0) is 43.7 Å². The molecule has 1 aliphatic rings. The molecule has 6 heteroatoms. The van der Waals surface area contributed by atoms with Gasteiger partial charge in [-0.3, -0.25) is 14.9 Å². The zero-order valence-electron chi connectivity index (χ0n) is 11.3. The zero-order valence-corrected chi connectivity index (χ0v) is 12.9. The van der Waals surface area contributed by atoms with Crippen molar-refractivity contribution in [2.75, 3.05) is 11.9 Å². The summed E-state index contributed by atoms with van der Waals surface area (Å²) in [4.78, 5) is 22.4. The number of aryl methyl sites for hydroxylation is 1. The van der Waals surface area contributed by atoms with Crippen LogP contribution in [0.1, 0.15) is 35.2 Å². The Labute approximate surface area is 126 Å². The smallest absolute Gasteiger partial charge is 0.272 e. The summed E-state index contributed by atoms with van der Waals surface area (Å²) in [5, 5.41) is 14.6. The van der Waals surface area contributed by atoms with Crippen LogP contribution in [0.4, 0.5) is 5.69 Å². The van der Waals surface area contributed by atoms with Gasteiger partial charge in [0, 0.05) is 29.1 Å². The first-order valence-corrected chi connectivity index (χ1v) is 7.69. The standard InChI is InChI=1S/C14H17BrN2O3/c1-10-8-11(2-3-12(10)17(19)20)13(18)16-9-14(4-5-14)6-7-15/h2-3,8H,4-7,9H2,1H3,(H,16,18). The summed E-state index contributed by atoms with van der Waals surface area (Å²) in [5.41, 5.74) is 1.28. The number of benzene rings is 1. The lowest BCUT2D eigenvalue weighted by molar-refractivity contribution is -0.385. The lowest BCUT2D eigenvalue weighted by Crippen LogP contribution is -2.30. The molecular formula is C14H17BrN2O3. The second-order valence-electron chi connectivity index (χ2n) is 5.38. The van der Waals surface area contributed by atoms with E-state index in [0.29, 0.717) is 17.7 Å². The van der Waals surface area contributed by atoms with Crippen LogP contribution < -0.4 is 5.32 Å². The zero-order chi connectivity index (χ0) is 14.8. The predicted molar refractivity (Wildman–Crippen MR) is 80.2 cm³/mol. The van der Waals surface area contributed by atoms with Gasteiger partial charge >= 0.3 is 0 Å². The van der Waals surface area contributed by atoms with E-state index < -0.39 is 4.92 Å². The lowest BCUT2D eigenvalue weighted by atomic mass is 10.0. The van der Waals surface area contributed by atoms with Crippen LogP contribution in [-0.2, 0) is 0 Å². The van der Waals surface area contributed by atoms with Crippen molar-refractivity contribution < 1.29 is 9.72 Å². The van der Waals surface area contributed by atoms with Crippen molar-refractivity contribution in [2.45, 2.75) is 26.2 Å². The van der Waals surface area contributed by atoms with Crippen molar-refractivity contribution in [3.8, 4) is 0 Å². The van der Waals surface area contributed by atoms with Gasteiger partial charge in [0.25, 0.3) is 11.6 Å². The number of hydrogen-bond acceptors (Lipinski definition) is 3. The number of rotatable bonds is 6. The van der Waals surface area contributed by atoms with Crippen LogP contribution in [-0.4, -0.2) is 22.7 Å². The van der Waals surface area contributed by atoms with Crippen molar-refractivity contribution in [2.24, 2.45) is 5.41 Å². The largest absolute Gasteiger partial charge is 0.351 e. The van der Waals surface area contributed by atoms with Crippen LogP contribution in [0.3, 0.4) is 0 Å². The van der Waals surface area contributed by atoms with E-state index in [2.05, 4.69) is 21.2 Å². The fraction of sp³-hybridized carbons (Fsp3) is 0.500. The molecule has 1 N–H and O–H groups in total. The first-order valence-electron chi connectivity index (χ1n) is 6.57. The van der Waals surface area contributed by atoms with E-state index in [4.69, 9.17) is 0 Å². The quantitative estimate of drug-likeness (QED) is 0.491. The molecule has 1 fully saturated rings. The van der Waals surface area contributed by atoms with E-state index in [-0.39, 0.29) is 17.0 Å². The average molecular weight is 341 g/mol. The molecule has 0 aliphatic heterocycles. The van der Waals surface area contributed by atoms with Crippen molar-refractivity contribution in [3.63, 3.8) is 0 Å². The van der Waals surface area contributed by atoms with Gasteiger partial charge in [-0.2, -0.15) is 0 Å². The molecule has 20 heavy (non-hydrogen) atoms. The van der Waals surface area contributed by atoms with Crippen molar-refractivity contribution >= 4 is 27.5 Å². The Hall–Kier alpha value is -1.43. The van der Waals surface area contributed by atoms with Gasteiger partial charge < -0.3 is 5.32 Å². The number of nitro groups is 1. The maximum Gasteiger partial charge on any atom is 0.272 e. The molecule has 0 saturated heterocycles. The van der Waals surface area contributed by atoms with Gasteiger partial charge in [-0.1, -0.05) is 15.9 Å². The molecular weight excluding hydrogens is 324 g/mol. The highest BCUT2D eigenvalue weighted by Gasteiger charge is 2.41. The van der Waals surface area contributed by atoms with E-state index in [1.165, 1.54) is 12.1 Å². The van der Waals surface area contributed by atoms with Crippen molar-refractivity contribution in [1.29, 1.82) is 0 Å². The molecule has 1 saturated carbocycles. The molecule has 108 valence electrons. The van der Waals surface area contributed by atoms with E-state index in [9.17, 15) is 14.9 Å². The summed E-state index contributed by atoms with van der Waals surface area (Å²) in [7, 11) is 0. The number of amides is 1. The summed E-state index contributed by atoms with van der Waals surface area (Å²) in [5.74, 6) is -0.163. The maximum absolute atomic E-state index is 12.1. The molecule has 1 aromatic carbocycles. The first-order chi connectivity index (χ1) is 9.47. The van der Waals surface area contributed by atoms with Crippen LogP contribution in [0.15, 0.2) is 18.2 Å². The number of nitrogens with zero attached hydrogens (tertiary/aromatic N) is 1. The molecule has 0 spiro atoms. The Morgan fingerprint density at radius 2 is 2.20 bits per heavy atom. The van der Waals surface area contributed by atoms with Gasteiger partial charge in [0.2, 0.25) is 0 Å². The summed E-state index contributed by atoms with van der Waals surface area (Å²) >= 11 is 3.43. The number of halogens is 1. The summed E-state index contributed by atoms with van der Waals surface area (Å²) < 4.78 is 0. The summed E-state index contributed by atoms with van der Waals surface area (Å²) in [6.07, 6.45) is 3.36. The van der Waals surface area contributed by atoms with Gasteiger partial charge in [0.05, 0.1) is 4.92 Å². The highest BCUT2D eigenvalue weighted by atomic mass is 79.9. The molecule has 0 heterocycles. The van der Waals surface area contributed by atoms with E-state index in [1.54, 1.807) is 13.0 Å². The number of hydrogen-bond donors (Lipinski definition) is 1.